The monoisotopic (exact) mass is 367 g/mol. The van der Waals surface area contributed by atoms with Crippen molar-refractivity contribution in [3.8, 4) is 11.4 Å². The molecule has 2 amide bonds. The van der Waals surface area contributed by atoms with Gasteiger partial charge in [-0.25, -0.2) is 4.98 Å². The van der Waals surface area contributed by atoms with E-state index in [1.807, 2.05) is 18.2 Å². The summed E-state index contributed by atoms with van der Waals surface area (Å²) >= 11 is 0. The average molecular weight is 367 g/mol. The molecule has 0 radical (unpaired) electrons. The van der Waals surface area contributed by atoms with Crippen molar-refractivity contribution in [3.63, 3.8) is 0 Å². The Morgan fingerprint density at radius 3 is 1.89 bits per heavy atom. The van der Waals surface area contributed by atoms with Crippen molar-refractivity contribution >= 4 is 22.7 Å². The van der Waals surface area contributed by atoms with Crippen LogP contribution in [0, 0.1) is 0 Å². The molecule has 0 fully saturated rings. The van der Waals surface area contributed by atoms with Crippen LogP contribution in [-0.4, -0.2) is 21.5 Å². The molecule has 6 heteroatoms. The van der Waals surface area contributed by atoms with Gasteiger partial charge in [0.05, 0.1) is 22.0 Å². The molecule has 4 aromatic rings. The third kappa shape index (κ3) is 2.21. The summed E-state index contributed by atoms with van der Waals surface area (Å²) in [6.07, 6.45) is 0. The summed E-state index contributed by atoms with van der Waals surface area (Å²) in [5.41, 5.74) is 1.19. The van der Waals surface area contributed by atoms with Crippen LogP contribution in [0.4, 0.5) is 0 Å². The molecule has 28 heavy (non-hydrogen) atoms. The summed E-state index contributed by atoms with van der Waals surface area (Å²) in [5.74, 6) is -0.854. The number of carbonyl (C=O) groups excluding carboxylic acids is 2. The Balaban J connectivity index is 1.85. The first kappa shape index (κ1) is 16.1. The Bertz CT molecular complexity index is 1290. The molecule has 1 aliphatic rings. The van der Waals surface area contributed by atoms with E-state index in [1.165, 1.54) is 0 Å². The highest BCUT2D eigenvalue weighted by Crippen LogP contribution is 2.25. The SMILES string of the molecule is O=C1c2ccccc2C(=O)N1n1c(-c2ccccc2)nc2ccccc2c1=O. The molecule has 2 heterocycles. The zero-order valence-electron chi connectivity index (χ0n) is 14.6. The minimum atomic E-state index is -0.544. The van der Waals surface area contributed by atoms with Crippen LogP contribution in [0.1, 0.15) is 20.7 Å². The number of rotatable bonds is 2. The number of hydrogen-bond acceptors (Lipinski definition) is 4. The van der Waals surface area contributed by atoms with Crippen LogP contribution in [0.3, 0.4) is 0 Å². The van der Waals surface area contributed by atoms with Crippen LogP contribution in [0.15, 0.2) is 83.7 Å². The van der Waals surface area contributed by atoms with Crippen LogP contribution in [0.25, 0.3) is 22.3 Å². The van der Waals surface area contributed by atoms with Gasteiger partial charge in [-0.2, -0.15) is 9.69 Å². The molecule has 0 aliphatic carbocycles. The van der Waals surface area contributed by atoms with Crippen LogP contribution in [0.2, 0.25) is 0 Å². The minimum absolute atomic E-state index is 0.235. The summed E-state index contributed by atoms with van der Waals surface area (Å²) in [6, 6.07) is 22.4. The third-order valence-electron chi connectivity index (χ3n) is 4.76. The van der Waals surface area contributed by atoms with Crippen molar-refractivity contribution in [2.45, 2.75) is 0 Å². The maximum absolute atomic E-state index is 13.3. The molecule has 1 aliphatic heterocycles. The van der Waals surface area contributed by atoms with E-state index >= 15 is 0 Å². The van der Waals surface area contributed by atoms with E-state index in [9.17, 15) is 14.4 Å². The first-order valence-electron chi connectivity index (χ1n) is 8.72. The average Bonchev–Trinajstić information content (AvgIpc) is 2.99. The van der Waals surface area contributed by atoms with Crippen molar-refractivity contribution < 1.29 is 9.59 Å². The van der Waals surface area contributed by atoms with Gasteiger partial charge in [-0.15, -0.1) is 0 Å². The standard InChI is InChI=1S/C22H13N3O3/c26-20-15-10-4-5-11-16(15)21(27)25(20)24-19(14-8-2-1-3-9-14)23-18-13-7-6-12-17(18)22(24)28/h1-13H. The predicted molar refractivity (Wildman–Crippen MR) is 105 cm³/mol. The van der Waals surface area contributed by atoms with E-state index < -0.39 is 17.4 Å². The molecule has 0 bridgehead atoms. The number of hydrogen-bond donors (Lipinski definition) is 0. The van der Waals surface area contributed by atoms with Gasteiger partial charge in [0.2, 0.25) is 0 Å². The molecule has 0 N–H and O–H groups in total. The first-order chi connectivity index (χ1) is 13.7. The second kappa shape index (κ2) is 5.99. The highest BCUT2D eigenvalue weighted by atomic mass is 16.2. The first-order valence-corrected chi connectivity index (χ1v) is 8.72. The predicted octanol–water partition coefficient (Wildman–Crippen LogP) is 3.00. The molecule has 0 saturated heterocycles. The Morgan fingerprint density at radius 2 is 1.21 bits per heavy atom. The zero-order chi connectivity index (χ0) is 19.3. The van der Waals surface area contributed by atoms with Crippen LogP contribution in [0.5, 0.6) is 0 Å². The number of benzene rings is 3. The van der Waals surface area contributed by atoms with E-state index in [4.69, 9.17) is 0 Å². The molecule has 5 rings (SSSR count). The second-order valence-corrected chi connectivity index (χ2v) is 6.40. The molecular weight excluding hydrogens is 354 g/mol. The number of nitrogens with zero attached hydrogens (tertiary/aromatic N) is 3. The fourth-order valence-electron chi connectivity index (χ4n) is 3.44. The molecule has 0 unspecified atom stereocenters. The fraction of sp³-hybridized carbons (Fsp3) is 0. The van der Waals surface area contributed by atoms with Gasteiger partial charge < -0.3 is 0 Å². The molecule has 3 aromatic carbocycles. The fourth-order valence-corrected chi connectivity index (χ4v) is 3.44. The van der Waals surface area contributed by atoms with Gasteiger partial charge in [0.15, 0.2) is 5.82 Å². The molecule has 6 nitrogen and oxygen atoms in total. The highest BCUT2D eigenvalue weighted by Gasteiger charge is 2.39. The van der Waals surface area contributed by atoms with Crippen molar-refractivity contribution in [2.75, 3.05) is 5.01 Å². The van der Waals surface area contributed by atoms with E-state index in [-0.39, 0.29) is 17.0 Å². The molecular formula is C22H13N3O3. The van der Waals surface area contributed by atoms with Crippen LogP contribution in [-0.2, 0) is 0 Å². The van der Waals surface area contributed by atoms with E-state index in [0.29, 0.717) is 16.5 Å². The topological polar surface area (TPSA) is 72.3 Å². The number of aromatic nitrogens is 2. The minimum Gasteiger partial charge on any atom is -0.267 e. The summed E-state index contributed by atoms with van der Waals surface area (Å²) in [6.45, 7) is 0. The zero-order valence-corrected chi connectivity index (χ0v) is 14.6. The summed E-state index contributed by atoms with van der Waals surface area (Å²) in [5, 5.41) is 1.22. The van der Waals surface area contributed by atoms with Crippen molar-refractivity contribution in [3.05, 3.63) is 100 Å². The van der Waals surface area contributed by atoms with Crippen LogP contribution >= 0.6 is 0 Å². The Morgan fingerprint density at radius 1 is 0.643 bits per heavy atom. The molecule has 1 aromatic heterocycles. The summed E-state index contributed by atoms with van der Waals surface area (Å²) < 4.78 is 1.09. The second-order valence-electron chi connectivity index (χ2n) is 6.40. The smallest absolute Gasteiger partial charge is 0.267 e. The number of imide groups is 1. The number of fused-ring (bicyclic) bond motifs is 2. The van der Waals surface area contributed by atoms with Crippen molar-refractivity contribution in [2.24, 2.45) is 0 Å². The number of para-hydroxylation sites is 1. The van der Waals surface area contributed by atoms with Gasteiger partial charge in [0, 0.05) is 5.56 Å². The summed E-state index contributed by atoms with van der Waals surface area (Å²) in [4.78, 5) is 43.9. The Kier molecular flexibility index (Phi) is 3.45. The highest BCUT2D eigenvalue weighted by molar-refractivity contribution is 6.30. The number of carbonyl (C=O) groups is 2. The van der Waals surface area contributed by atoms with E-state index in [0.717, 1.165) is 9.69 Å². The largest absolute Gasteiger partial charge is 0.281 e. The van der Waals surface area contributed by atoms with Gasteiger partial charge in [-0.05, 0) is 24.3 Å². The van der Waals surface area contributed by atoms with Gasteiger partial charge in [-0.1, -0.05) is 54.6 Å². The van der Waals surface area contributed by atoms with E-state index in [2.05, 4.69) is 4.98 Å². The third-order valence-corrected chi connectivity index (χ3v) is 4.76. The quantitative estimate of drug-likeness (QED) is 0.511. The van der Waals surface area contributed by atoms with Crippen LogP contribution < -0.4 is 10.6 Å². The van der Waals surface area contributed by atoms with Gasteiger partial charge >= 0.3 is 0 Å². The van der Waals surface area contributed by atoms with Crippen molar-refractivity contribution in [1.82, 2.24) is 9.66 Å². The summed E-state index contributed by atoms with van der Waals surface area (Å²) in [7, 11) is 0. The Labute approximate surface area is 159 Å². The lowest BCUT2D eigenvalue weighted by Gasteiger charge is -2.20. The molecule has 0 saturated carbocycles. The lowest BCUT2D eigenvalue weighted by atomic mass is 10.1. The van der Waals surface area contributed by atoms with Crippen molar-refractivity contribution in [1.29, 1.82) is 0 Å². The Hall–Kier alpha value is -4.06. The van der Waals surface area contributed by atoms with Gasteiger partial charge in [-0.3, -0.25) is 14.4 Å². The normalized spacial score (nSPS) is 13.2. The lowest BCUT2D eigenvalue weighted by molar-refractivity contribution is 0.0885. The van der Waals surface area contributed by atoms with E-state index in [1.54, 1.807) is 60.7 Å². The van der Waals surface area contributed by atoms with Gasteiger partial charge in [0.25, 0.3) is 17.4 Å². The molecule has 0 atom stereocenters. The maximum atomic E-state index is 13.3. The molecule has 134 valence electrons. The van der Waals surface area contributed by atoms with Gasteiger partial charge in [0.1, 0.15) is 0 Å². The lowest BCUT2D eigenvalue weighted by Crippen LogP contribution is -2.47. The molecule has 0 spiro atoms. The maximum Gasteiger partial charge on any atom is 0.281 e. The number of amides is 2.